The Hall–Kier alpha value is -0.870. The van der Waals surface area contributed by atoms with Crippen molar-refractivity contribution in [1.82, 2.24) is 0 Å². The van der Waals surface area contributed by atoms with Gasteiger partial charge in [0.05, 0.1) is 17.3 Å². The van der Waals surface area contributed by atoms with Crippen LogP contribution in [0.15, 0.2) is 24.3 Å². The van der Waals surface area contributed by atoms with Crippen molar-refractivity contribution < 1.29 is 9.53 Å². The quantitative estimate of drug-likeness (QED) is 0.863. The van der Waals surface area contributed by atoms with Crippen LogP contribution in [0.3, 0.4) is 0 Å². The van der Waals surface area contributed by atoms with Crippen LogP contribution < -0.4 is 5.32 Å². The lowest BCUT2D eigenvalue weighted by Gasteiger charge is -2.32. The maximum absolute atomic E-state index is 12.4. The Morgan fingerprint density at radius 3 is 2.89 bits per heavy atom. The second kappa shape index (κ2) is 6.06. The number of nitrogens with one attached hydrogen (secondary N) is 1. The highest BCUT2D eigenvalue weighted by molar-refractivity contribution is 8.00. The second-order valence-corrected chi connectivity index (χ2v) is 6.42. The third kappa shape index (κ3) is 2.84. The fourth-order valence-corrected chi connectivity index (χ4v) is 3.82. The minimum absolute atomic E-state index is 0.155. The van der Waals surface area contributed by atoms with Crippen LogP contribution >= 0.6 is 23.4 Å². The predicted octanol–water partition coefficient (Wildman–Crippen LogP) is 3.58. The summed E-state index contributed by atoms with van der Waals surface area (Å²) < 4.78 is 5.25. The summed E-state index contributed by atoms with van der Waals surface area (Å²) in [6.45, 7) is 4.27. The van der Waals surface area contributed by atoms with Gasteiger partial charge in [0.25, 0.3) is 0 Å². The molecule has 1 N–H and O–H groups in total. The lowest BCUT2D eigenvalue weighted by atomic mass is 9.92. The van der Waals surface area contributed by atoms with Gasteiger partial charge in [-0.3, -0.25) is 0 Å². The number of carbonyl (C=O) groups excluding carboxylic acids is 1. The highest BCUT2D eigenvalue weighted by Gasteiger charge is 2.49. The van der Waals surface area contributed by atoms with Gasteiger partial charge in [-0.1, -0.05) is 30.7 Å². The van der Waals surface area contributed by atoms with Crippen LogP contribution in [0.25, 0.3) is 0 Å². The van der Waals surface area contributed by atoms with E-state index in [1.807, 2.05) is 31.2 Å². The van der Waals surface area contributed by atoms with E-state index in [0.717, 1.165) is 17.9 Å². The number of esters is 1. The van der Waals surface area contributed by atoms with Gasteiger partial charge in [0, 0.05) is 5.25 Å². The van der Waals surface area contributed by atoms with E-state index in [0.29, 0.717) is 11.6 Å². The average Bonchev–Trinajstić information content (AvgIpc) is 2.75. The summed E-state index contributed by atoms with van der Waals surface area (Å²) in [6, 6.07) is 7.48. The van der Waals surface area contributed by atoms with Gasteiger partial charge < -0.3 is 10.1 Å². The van der Waals surface area contributed by atoms with Crippen LogP contribution in [-0.2, 0) is 9.53 Å². The Labute approximate surface area is 123 Å². The molecule has 19 heavy (non-hydrogen) atoms. The zero-order chi connectivity index (χ0) is 13.9. The summed E-state index contributed by atoms with van der Waals surface area (Å²) in [7, 11) is 0. The molecular formula is C14H18ClNO2S. The van der Waals surface area contributed by atoms with Crippen LogP contribution in [0.1, 0.15) is 20.3 Å². The Balaban J connectivity index is 2.29. The molecule has 1 heterocycles. The maximum Gasteiger partial charge on any atom is 0.332 e. The first kappa shape index (κ1) is 14.5. The molecule has 2 unspecified atom stereocenters. The first-order chi connectivity index (χ1) is 9.10. The summed E-state index contributed by atoms with van der Waals surface area (Å²) in [5.41, 5.74) is 0.109. The minimum atomic E-state index is -0.675. The Bertz CT molecular complexity index is 469. The van der Waals surface area contributed by atoms with E-state index < -0.39 is 5.54 Å². The van der Waals surface area contributed by atoms with Gasteiger partial charge >= 0.3 is 5.97 Å². The van der Waals surface area contributed by atoms with Gasteiger partial charge in [-0.05, 0) is 31.2 Å². The molecule has 1 fully saturated rings. The van der Waals surface area contributed by atoms with Crippen LogP contribution in [0.5, 0.6) is 0 Å². The molecule has 0 aromatic heterocycles. The monoisotopic (exact) mass is 299 g/mol. The van der Waals surface area contributed by atoms with Gasteiger partial charge in [-0.25, -0.2) is 4.79 Å². The average molecular weight is 300 g/mol. The molecule has 0 radical (unpaired) electrons. The van der Waals surface area contributed by atoms with E-state index in [2.05, 4.69) is 12.2 Å². The van der Waals surface area contributed by atoms with Crippen molar-refractivity contribution in [2.24, 2.45) is 0 Å². The zero-order valence-electron chi connectivity index (χ0n) is 11.1. The molecule has 2 rings (SSSR count). The fourth-order valence-electron chi connectivity index (χ4n) is 2.29. The molecule has 1 aliphatic heterocycles. The number of para-hydroxylation sites is 1. The van der Waals surface area contributed by atoms with Crippen molar-refractivity contribution in [2.75, 3.05) is 17.7 Å². The van der Waals surface area contributed by atoms with Crippen LogP contribution in [0, 0.1) is 0 Å². The van der Waals surface area contributed by atoms with Crippen LogP contribution in [0.4, 0.5) is 5.69 Å². The van der Waals surface area contributed by atoms with Crippen molar-refractivity contribution in [3.05, 3.63) is 29.3 Å². The van der Waals surface area contributed by atoms with Crippen molar-refractivity contribution in [3.63, 3.8) is 0 Å². The number of carbonyl (C=O) groups is 1. The van der Waals surface area contributed by atoms with Crippen molar-refractivity contribution in [3.8, 4) is 0 Å². The lowest BCUT2D eigenvalue weighted by Crippen LogP contribution is -2.51. The summed E-state index contributed by atoms with van der Waals surface area (Å²) in [6.07, 6.45) is 0.753. The number of benzene rings is 1. The van der Waals surface area contributed by atoms with Gasteiger partial charge in [-0.15, -0.1) is 0 Å². The summed E-state index contributed by atoms with van der Waals surface area (Å²) in [4.78, 5) is 12.4. The summed E-state index contributed by atoms with van der Waals surface area (Å²) in [5, 5.41) is 4.11. The Morgan fingerprint density at radius 2 is 2.32 bits per heavy atom. The van der Waals surface area contributed by atoms with E-state index in [-0.39, 0.29) is 11.2 Å². The molecule has 1 saturated heterocycles. The van der Waals surface area contributed by atoms with E-state index in [4.69, 9.17) is 16.3 Å². The largest absolute Gasteiger partial charge is 0.464 e. The molecule has 3 nitrogen and oxygen atoms in total. The predicted molar refractivity (Wildman–Crippen MR) is 81.0 cm³/mol. The van der Waals surface area contributed by atoms with E-state index in [9.17, 15) is 4.79 Å². The zero-order valence-corrected chi connectivity index (χ0v) is 12.7. The summed E-state index contributed by atoms with van der Waals surface area (Å²) >= 11 is 7.95. The van der Waals surface area contributed by atoms with E-state index >= 15 is 0 Å². The number of anilines is 1. The highest BCUT2D eigenvalue weighted by Crippen LogP contribution is 2.40. The van der Waals surface area contributed by atoms with Crippen molar-refractivity contribution >= 4 is 35.0 Å². The van der Waals surface area contributed by atoms with Gasteiger partial charge in [0.2, 0.25) is 0 Å². The minimum Gasteiger partial charge on any atom is -0.464 e. The third-order valence-electron chi connectivity index (χ3n) is 3.43. The molecule has 2 atom stereocenters. The molecule has 5 heteroatoms. The summed E-state index contributed by atoms with van der Waals surface area (Å²) in [5.74, 6) is 0.754. The van der Waals surface area contributed by atoms with Crippen molar-refractivity contribution in [1.29, 1.82) is 0 Å². The Morgan fingerprint density at radius 1 is 1.58 bits per heavy atom. The van der Waals surface area contributed by atoms with E-state index in [1.165, 1.54) is 0 Å². The van der Waals surface area contributed by atoms with Gasteiger partial charge in [-0.2, -0.15) is 11.8 Å². The van der Waals surface area contributed by atoms with Gasteiger partial charge in [0.1, 0.15) is 5.54 Å². The molecule has 104 valence electrons. The highest BCUT2D eigenvalue weighted by atomic mass is 35.5. The number of rotatable bonds is 4. The first-order valence-electron chi connectivity index (χ1n) is 6.41. The molecule has 1 aliphatic rings. The molecule has 0 saturated carbocycles. The van der Waals surface area contributed by atoms with Gasteiger partial charge in [0.15, 0.2) is 0 Å². The Kier molecular flexibility index (Phi) is 4.63. The molecular weight excluding hydrogens is 282 g/mol. The lowest BCUT2D eigenvalue weighted by molar-refractivity contribution is -0.148. The molecule has 0 amide bonds. The number of ether oxygens (including phenoxy) is 1. The normalized spacial score (nSPS) is 26.2. The number of halogens is 1. The third-order valence-corrected chi connectivity index (χ3v) is 5.10. The molecule has 0 aliphatic carbocycles. The fraction of sp³-hybridized carbons (Fsp3) is 0.500. The smallest absolute Gasteiger partial charge is 0.332 e. The van der Waals surface area contributed by atoms with Crippen LogP contribution in [0.2, 0.25) is 5.02 Å². The number of hydrogen-bond donors (Lipinski definition) is 1. The first-order valence-corrected chi connectivity index (χ1v) is 7.84. The molecule has 0 bridgehead atoms. The maximum atomic E-state index is 12.4. The standard InChI is InChI=1S/C14H18ClNO2S/c1-3-18-13(17)14(8-9-19-10(14)2)16-12-7-5-4-6-11(12)15/h4-7,10,16H,3,8-9H2,1-2H3. The molecule has 1 aromatic carbocycles. The topological polar surface area (TPSA) is 38.3 Å². The number of hydrogen-bond acceptors (Lipinski definition) is 4. The van der Waals surface area contributed by atoms with E-state index in [1.54, 1.807) is 11.8 Å². The molecule has 0 spiro atoms. The van der Waals surface area contributed by atoms with Crippen molar-refractivity contribution in [2.45, 2.75) is 31.1 Å². The second-order valence-electron chi connectivity index (χ2n) is 4.56. The number of thioether (sulfide) groups is 1. The van der Waals surface area contributed by atoms with Crippen LogP contribution in [-0.4, -0.2) is 29.1 Å². The SMILES string of the molecule is CCOC(=O)C1(Nc2ccccc2Cl)CCSC1C. The molecule has 1 aromatic rings.